The number of hydrogen-bond donors (Lipinski definition) is 0. The predicted octanol–water partition coefficient (Wildman–Crippen LogP) is 1.25. The Labute approximate surface area is 82.5 Å². The van der Waals surface area contributed by atoms with Crippen molar-refractivity contribution in [3.63, 3.8) is 0 Å². The summed E-state index contributed by atoms with van der Waals surface area (Å²) in [6, 6.07) is 3.41. The van der Waals surface area contributed by atoms with Gasteiger partial charge in [-0.15, -0.1) is 0 Å². The summed E-state index contributed by atoms with van der Waals surface area (Å²) in [5.41, 5.74) is 0.526. The van der Waals surface area contributed by atoms with Crippen molar-refractivity contribution in [1.29, 1.82) is 0 Å². The summed E-state index contributed by atoms with van der Waals surface area (Å²) in [4.78, 5) is 22.2. The van der Waals surface area contributed by atoms with Crippen LogP contribution in [0.1, 0.15) is 24.3 Å². The van der Waals surface area contributed by atoms with E-state index in [1.807, 2.05) is 0 Å². The van der Waals surface area contributed by atoms with Gasteiger partial charge in [0.1, 0.15) is 6.54 Å². The minimum Gasteiger partial charge on any atom is -0.465 e. The Morgan fingerprint density at radius 3 is 2.79 bits per heavy atom. The third-order valence-electron chi connectivity index (χ3n) is 1.80. The van der Waals surface area contributed by atoms with Crippen LogP contribution in [-0.4, -0.2) is 22.9 Å². The summed E-state index contributed by atoms with van der Waals surface area (Å²) in [5.74, 6) is -0.384. The number of esters is 1. The van der Waals surface area contributed by atoms with Crippen molar-refractivity contribution >= 4 is 11.8 Å². The first-order valence-corrected chi connectivity index (χ1v) is 4.47. The fourth-order valence-corrected chi connectivity index (χ4v) is 1.22. The van der Waals surface area contributed by atoms with Gasteiger partial charge in [0.2, 0.25) is 0 Å². The second-order valence-electron chi connectivity index (χ2n) is 2.88. The lowest BCUT2D eigenvalue weighted by Gasteiger charge is -2.05. The Morgan fingerprint density at radius 1 is 1.50 bits per heavy atom. The summed E-state index contributed by atoms with van der Waals surface area (Å²) in [6.45, 7) is 3.67. The SMILES string of the molecule is CCOC(=O)Cn1cccc1C(C)=O. The third-order valence-corrected chi connectivity index (χ3v) is 1.80. The molecule has 1 aromatic heterocycles. The normalized spacial score (nSPS) is 9.86. The van der Waals surface area contributed by atoms with Gasteiger partial charge >= 0.3 is 5.97 Å². The van der Waals surface area contributed by atoms with Crippen molar-refractivity contribution in [3.05, 3.63) is 24.0 Å². The van der Waals surface area contributed by atoms with Crippen LogP contribution < -0.4 is 0 Å². The molecular weight excluding hydrogens is 182 g/mol. The standard InChI is InChI=1S/C10H13NO3/c1-3-14-10(13)7-11-6-4-5-9(11)8(2)12/h4-6H,3,7H2,1-2H3. The maximum Gasteiger partial charge on any atom is 0.325 e. The van der Waals surface area contributed by atoms with E-state index in [0.717, 1.165) is 0 Å². The molecule has 4 heteroatoms. The van der Waals surface area contributed by atoms with E-state index in [4.69, 9.17) is 4.74 Å². The highest BCUT2D eigenvalue weighted by molar-refractivity contribution is 5.92. The molecule has 0 unspecified atom stereocenters. The van der Waals surface area contributed by atoms with Gasteiger partial charge in [0.15, 0.2) is 5.78 Å². The third kappa shape index (κ3) is 2.45. The molecule has 0 spiro atoms. The maximum absolute atomic E-state index is 11.1. The van der Waals surface area contributed by atoms with Crippen LogP contribution in [0.4, 0.5) is 0 Å². The molecule has 1 rings (SSSR count). The number of Topliss-reactive ketones (excluding diaryl/α,β-unsaturated/α-hetero) is 1. The number of ketones is 1. The molecule has 0 amide bonds. The molecule has 1 heterocycles. The maximum atomic E-state index is 11.1. The van der Waals surface area contributed by atoms with E-state index in [1.54, 1.807) is 29.8 Å². The summed E-state index contributed by atoms with van der Waals surface area (Å²) >= 11 is 0. The van der Waals surface area contributed by atoms with E-state index in [-0.39, 0.29) is 18.3 Å². The number of carbonyl (C=O) groups excluding carboxylic acids is 2. The van der Waals surface area contributed by atoms with Crippen LogP contribution in [0.15, 0.2) is 18.3 Å². The highest BCUT2D eigenvalue weighted by Crippen LogP contribution is 2.03. The Bertz CT molecular complexity index is 341. The van der Waals surface area contributed by atoms with Crippen molar-refractivity contribution in [2.45, 2.75) is 20.4 Å². The average Bonchev–Trinajstić information content (AvgIpc) is 2.52. The zero-order valence-electron chi connectivity index (χ0n) is 8.32. The van der Waals surface area contributed by atoms with E-state index < -0.39 is 0 Å². The number of hydrogen-bond acceptors (Lipinski definition) is 3. The van der Waals surface area contributed by atoms with E-state index in [9.17, 15) is 9.59 Å². The van der Waals surface area contributed by atoms with E-state index in [1.165, 1.54) is 6.92 Å². The number of aromatic nitrogens is 1. The van der Waals surface area contributed by atoms with Crippen molar-refractivity contribution < 1.29 is 14.3 Å². The molecule has 14 heavy (non-hydrogen) atoms. The molecule has 0 aliphatic heterocycles. The Morgan fingerprint density at radius 2 is 2.21 bits per heavy atom. The highest BCUT2D eigenvalue weighted by atomic mass is 16.5. The quantitative estimate of drug-likeness (QED) is 0.536. The lowest BCUT2D eigenvalue weighted by Crippen LogP contribution is -2.15. The molecule has 0 aromatic carbocycles. The topological polar surface area (TPSA) is 48.3 Å². The molecule has 0 atom stereocenters. The fraction of sp³-hybridized carbons (Fsp3) is 0.400. The Hall–Kier alpha value is -1.58. The zero-order chi connectivity index (χ0) is 10.6. The van der Waals surface area contributed by atoms with Gasteiger partial charge in [-0.2, -0.15) is 0 Å². The van der Waals surface area contributed by atoms with Gasteiger partial charge in [0, 0.05) is 13.1 Å². The number of rotatable bonds is 4. The van der Waals surface area contributed by atoms with Crippen LogP contribution >= 0.6 is 0 Å². The summed E-state index contributed by atoms with van der Waals surface area (Å²) in [7, 11) is 0. The first-order chi connectivity index (χ1) is 6.65. The van der Waals surface area contributed by atoms with Crippen LogP contribution in [0.2, 0.25) is 0 Å². The van der Waals surface area contributed by atoms with E-state index >= 15 is 0 Å². The van der Waals surface area contributed by atoms with Crippen LogP contribution in [0.5, 0.6) is 0 Å². The van der Waals surface area contributed by atoms with Crippen LogP contribution in [0.25, 0.3) is 0 Å². The van der Waals surface area contributed by atoms with Crippen LogP contribution in [0, 0.1) is 0 Å². The first-order valence-electron chi connectivity index (χ1n) is 4.47. The number of ether oxygens (including phenoxy) is 1. The second kappa shape index (κ2) is 4.60. The van der Waals surface area contributed by atoms with Gasteiger partial charge in [-0.3, -0.25) is 9.59 Å². The number of nitrogens with zero attached hydrogens (tertiary/aromatic N) is 1. The van der Waals surface area contributed by atoms with Gasteiger partial charge in [-0.25, -0.2) is 0 Å². The fourth-order valence-electron chi connectivity index (χ4n) is 1.22. The first kappa shape index (κ1) is 10.5. The average molecular weight is 195 g/mol. The molecule has 0 N–H and O–H groups in total. The van der Waals surface area contributed by atoms with Crippen molar-refractivity contribution in [2.24, 2.45) is 0 Å². The van der Waals surface area contributed by atoms with Gasteiger partial charge in [-0.05, 0) is 19.1 Å². The van der Waals surface area contributed by atoms with Crippen LogP contribution in [-0.2, 0) is 16.1 Å². The molecule has 1 aromatic rings. The lowest BCUT2D eigenvalue weighted by molar-refractivity contribution is -0.143. The molecule has 4 nitrogen and oxygen atoms in total. The zero-order valence-corrected chi connectivity index (χ0v) is 8.32. The Balaban J connectivity index is 2.71. The van der Waals surface area contributed by atoms with Crippen molar-refractivity contribution in [3.8, 4) is 0 Å². The highest BCUT2D eigenvalue weighted by Gasteiger charge is 2.09. The molecule has 76 valence electrons. The molecule has 0 saturated heterocycles. The molecule has 0 saturated carbocycles. The predicted molar refractivity (Wildman–Crippen MR) is 51.1 cm³/mol. The van der Waals surface area contributed by atoms with E-state index in [0.29, 0.717) is 12.3 Å². The minimum absolute atomic E-state index is 0.0562. The smallest absolute Gasteiger partial charge is 0.325 e. The Kier molecular flexibility index (Phi) is 3.45. The summed E-state index contributed by atoms with van der Waals surface area (Å²) in [6.07, 6.45) is 1.69. The lowest BCUT2D eigenvalue weighted by atomic mass is 10.3. The van der Waals surface area contributed by atoms with Gasteiger partial charge in [0.05, 0.1) is 12.3 Å². The molecule has 0 fully saturated rings. The van der Waals surface area contributed by atoms with Gasteiger partial charge in [0.25, 0.3) is 0 Å². The largest absolute Gasteiger partial charge is 0.465 e. The molecular formula is C10H13NO3. The van der Waals surface area contributed by atoms with Crippen LogP contribution in [0.3, 0.4) is 0 Å². The number of carbonyl (C=O) groups is 2. The second-order valence-corrected chi connectivity index (χ2v) is 2.88. The van der Waals surface area contributed by atoms with Gasteiger partial charge in [-0.1, -0.05) is 0 Å². The minimum atomic E-state index is -0.328. The monoisotopic (exact) mass is 195 g/mol. The molecule has 0 aliphatic rings. The summed E-state index contributed by atoms with van der Waals surface area (Å²) < 4.78 is 6.36. The molecule has 0 radical (unpaired) electrons. The molecule has 0 aliphatic carbocycles. The molecule has 0 bridgehead atoms. The van der Waals surface area contributed by atoms with Crippen molar-refractivity contribution in [1.82, 2.24) is 4.57 Å². The van der Waals surface area contributed by atoms with E-state index in [2.05, 4.69) is 0 Å². The van der Waals surface area contributed by atoms with Gasteiger partial charge < -0.3 is 9.30 Å². The van der Waals surface area contributed by atoms with Crippen molar-refractivity contribution in [2.75, 3.05) is 6.61 Å². The summed E-state index contributed by atoms with van der Waals surface area (Å²) in [5, 5.41) is 0.